The number of hydrogen-bond donors (Lipinski definition) is 0. The van der Waals surface area contributed by atoms with Crippen molar-refractivity contribution in [1.29, 1.82) is 0 Å². The fourth-order valence-electron chi connectivity index (χ4n) is 2.78. The van der Waals surface area contributed by atoms with Crippen molar-refractivity contribution < 1.29 is 13.5 Å². The van der Waals surface area contributed by atoms with Crippen LogP contribution in [0.5, 0.6) is 0 Å². The summed E-state index contributed by atoms with van der Waals surface area (Å²) in [5.74, 6) is -0.805. The lowest BCUT2D eigenvalue weighted by atomic mass is 9.97. The van der Waals surface area contributed by atoms with Crippen LogP contribution < -0.4 is 4.90 Å². The SMILES string of the molecule is CCc1c[c]c(F)cc1-c1cc(N2CCOCC2)ccc1F. The molecular formula is C18H18F2NO. The van der Waals surface area contributed by atoms with Gasteiger partial charge in [-0.05, 0) is 47.9 Å². The van der Waals surface area contributed by atoms with Crippen molar-refractivity contribution in [2.24, 2.45) is 0 Å². The second-order valence-corrected chi connectivity index (χ2v) is 5.34. The Morgan fingerprint density at radius 3 is 2.64 bits per heavy atom. The lowest BCUT2D eigenvalue weighted by Gasteiger charge is -2.29. The second-order valence-electron chi connectivity index (χ2n) is 5.34. The molecule has 3 rings (SSSR count). The highest BCUT2D eigenvalue weighted by atomic mass is 19.1. The Morgan fingerprint density at radius 1 is 1.14 bits per heavy atom. The van der Waals surface area contributed by atoms with Crippen molar-refractivity contribution in [3.63, 3.8) is 0 Å². The van der Waals surface area contributed by atoms with Gasteiger partial charge in [-0.15, -0.1) is 0 Å². The molecule has 1 aliphatic heterocycles. The van der Waals surface area contributed by atoms with E-state index in [2.05, 4.69) is 11.0 Å². The minimum absolute atomic E-state index is 0.336. The van der Waals surface area contributed by atoms with Gasteiger partial charge in [-0.3, -0.25) is 0 Å². The molecule has 1 radical (unpaired) electrons. The van der Waals surface area contributed by atoms with E-state index in [9.17, 15) is 8.78 Å². The van der Waals surface area contributed by atoms with Crippen molar-refractivity contribution in [2.75, 3.05) is 31.2 Å². The normalized spacial score (nSPS) is 15.1. The highest BCUT2D eigenvalue weighted by molar-refractivity contribution is 5.72. The summed E-state index contributed by atoms with van der Waals surface area (Å²) in [6, 6.07) is 10.5. The summed E-state index contributed by atoms with van der Waals surface area (Å²) in [6.45, 7) is 4.86. The summed E-state index contributed by atoms with van der Waals surface area (Å²) in [4.78, 5) is 2.16. The third-order valence-electron chi connectivity index (χ3n) is 4.00. The zero-order valence-corrected chi connectivity index (χ0v) is 12.5. The zero-order valence-electron chi connectivity index (χ0n) is 12.5. The van der Waals surface area contributed by atoms with E-state index in [-0.39, 0.29) is 5.82 Å². The minimum Gasteiger partial charge on any atom is -0.378 e. The monoisotopic (exact) mass is 302 g/mol. The molecule has 0 amide bonds. The molecule has 0 N–H and O–H groups in total. The summed E-state index contributed by atoms with van der Waals surface area (Å²) in [5, 5.41) is 0. The van der Waals surface area contributed by atoms with E-state index in [1.165, 1.54) is 12.1 Å². The van der Waals surface area contributed by atoms with E-state index in [0.29, 0.717) is 30.8 Å². The van der Waals surface area contributed by atoms with Gasteiger partial charge in [0, 0.05) is 30.4 Å². The van der Waals surface area contributed by atoms with Crippen LogP contribution in [0.2, 0.25) is 0 Å². The Hall–Kier alpha value is -1.94. The van der Waals surface area contributed by atoms with Crippen LogP contribution in [0.4, 0.5) is 14.5 Å². The van der Waals surface area contributed by atoms with E-state index in [0.717, 1.165) is 24.3 Å². The average molecular weight is 302 g/mol. The number of aryl methyl sites for hydroxylation is 1. The van der Waals surface area contributed by atoms with Crippen LogP contribution in [0.1, 0.15) is 12.5 Å². The maximum absolute atomic E-state index is 14.3. The molecule has 2 aromatic carbocycles. The molecule has 1 heterocycles. The highest BCUT2D eigenvalue weighted by Crippen LogP contribution is 2.31. The molecule has 1 saturated heterocycles. The van der Waals surface area contributed by atoms with E-state index >= 15 is 0 Å². The van der Waals surface area contributed by atoms with Crippen molar-refractivity contribution in [2.45, 2.75) is 13.3 Å². The first kappa shape index (κ1) is 15.0. The topological polar surface area (TPSA) is 12.5 Å². The van der Waals surface area contributed by atoms with Gasteiger partial charge in [-0.2, -0.15) is 0 Å². The first-order chi connectivity index (χ1) is 10.7. The van der Waals surface area contributed by atoms with Crippen LogP contribution >= 0.6 is 0 Å². The smallest absolute Gasteiger partial charge is 0.131 e. The molecule has 2 aromatic rings. The number of anilines is 1. The molecule has 4 heteroatoms. The van der Waals surface area contributed by atoms with Gasteiger partial charge in [0.2, 0.25) is 0 Å². The van der Waals surface area contributed by atoms with Crippen molar-refractivity contribution >= 4 is 5.69 Å². The summed E-state index contributed by atoms with van der Waals surface area (Å²) >= 11 is 0. The van der Waals surface area contributed by atoms with Crippen LogP contribution in [-0.2, 0) is 11.2 Å². The number of morpholine rings is 1. The fourth-order valence-corrected chi connectivity index (χ4v) is 2.78. The standard InChI is InChI=1S/C18H18F2NO/c1-2-13-3-4-14(19)11-16(13)17-12-15(5-6-18(17)20)21-7-9-22-10-8-21/h3,5-6,11-12H,2,7-10H2,1H3. The Kier molecular flexibility index (Phi) is 4.39. The number of ether oxygens (including phenoxy) is 1. The third-order valence-corrected chi connectivity index (χ3v) is 4.00. The fraction of sp³-hybridized carbons (Fsp3) is 0.333. The molecule has 0 aliphatic carbocycles. The number of benzene rings is 2. The second kappa shape index (κ2) is 6.44. The van der Waals surface area contributed by atoms with Gasteiger partial charge in [0.1, 0.15) is 11.6 Å². The van der Waals surface area contributed by atoms with Gasteiger partial charge < -0.3 is 9.64 Å². The molecule has 0 aromatic heterocycles. The maximum atomic E-state index is 14.3. The Labute approximate surface area is 129 Å². The summed E-state index contributed by atoms with van der Waals surface area (Å²) in [7, 11) is 0. The van der Waals surface area contributed by atoms with E-state index in [1.807, 2.05) is 6.92 Å². The number of nitrogens with zero attached hydrogens (tertiary/aromatic N) is 1. The highest BCUT2D eigenvalue weighted by Gasteiger charge is 2.16. The van der Waals surface area contributed by atoms with Gasteiger partial charge in [-0.1, -0.05) is 6.92 Å². The number of hydrogen-bond acceptors (Lipinski definition) is 2. The quantitative estimate of drug-likeness (QED) is 0.854. The minimum atomic E-state index is -0.469. The largest absolute Gasteiger partial charge is 0.378 e. The van der Waals surface area contributed by atoms with Crippen LogP contribution in [0.25, 0.3) is 11.1 Å². The number of halogens is 2. The number of rotatable bonds is 3. The Morgan fingerprint density at radius 2 is 1.91 bits per heavy atom. The van der Waals surface area contributed by atoms with Crippen molar-refractivity contribution in [3.8, 4) is 11.1 Å². The average Bonchev–Trinajstić information content (AvgIpc) is 2.56. The molecule has 1 fully saturated rings. The summed E-state index contributed by atoms with van der Waals surface area (Å²) in [6.07, 6.45) is 0.702. The first-order valence-corrected chi connectivity index (χ1v) is 7.51. The van der Waals surface area contributed by atoms with Gasteiger partial charge in [0.25, 0.3) is 0 Å². The van der Waals surface area contributed by atoms with Crippen LogP contribution in [-0.4, -0.2) is 26.3 Å². The maximum Gasteiger partial charge on any atom is 0.131 e. The predicted molar refractivity (Wildman–Crippen MR) is 83.0 cm³/mol. The first-order valence-electron chi connectivity index (χ1n) is 7.51. The molecule has 22 heavy (non-hydrogen) atoms. The van der Waals surface area contributed by atoms with Gasteiger partial charge in [-0.25, -0.2) is 8.78 Å². The van der Waals surface area contributed by atoms with Crippen LogP contribution in [0.15, 0.2) is 30.3 Å². The predicted octanol–water partition coefficient (Wildman–Crippen LogP) is 3.83. The van der Waals surface area contributed by atoms with E-state index in [1.54, 1.807) is 18.2 Å². The van der Waals surface area contributed by atoms with E-state index < -0.39 is 5.82 Å². The van der Waals surface area contributed by atoms with Crippen molar-refractivity contribution in [3.05, 3.63) is 53.6 Å². The molecule has 0 saturated carbocycles. The van der Waals surface area contributed by atoms with Gasteiger partial charge >= 0.3 is 0 Å². The molecule has 0 spiro atoms. The molecule has 0 atom stereocenters. The van der Waals surface area contributed by atoms with Gasteiger partial charge in [0.05, 0.1) is 13.2 Å². The Bertz CT molecular complexity index is 666. The lowest BCUT2D eigenvalue weighted by Crippen LogP contribution is -2.36. The van der Waals surface area contributed by atoms with Crippen molar-refractivity contribution in [1.82, 2.24) is 0 Å². The Balaban J connectivity index is 2.04. The molecule has 1 aliphatic rings. The van der Waals surface area contributed by atoms with Gasteiger partial charge in [0.15, 0.2) is 0 Å². The zero-order chi connectivity index (χ0) is 15.5. The summed E-state index contributed by atoms with van der Waals surface area (Å²) in [5.41, 5.74) is 2.87. The summed E-state index contributed by atoms with van der Waals surface area (Å²) < 4.78 is 33.2. The molecular weight excluding hydrogens is 284 g/mol. The lowest BCUT2D eigenvalue weighted by molar-refractivity contribution is 0.122. The molecule has 0 bridgehead atoms. The van der Waals surface area contributed by atoms with Crippen LogP contribution in [0.3, 0.4) is 0 Å². The van der Waals surface area contributed by atoms with E-state index in [4.69, 9.17) is 4.74 Å². The molecule has 0 unspecified atom stereocenters. The molecule has 2 nitrogen and oxygen atoms in total. The third kappa shape index (κ3) is 2.97. The molecule has 115 valence electrons. The van der Waals surface area contributed by atoms with Crippen LogP contribution in [0, 0.1) is 17.7 Å².